The number of methoxy groups -OCH3 is 2. The molecule has 3 heterocycles. The normalized spacial score (nSPS) is 14.3. The minimum atomic E-state index is -0.233. The molecule has 0 radical (unpaired) electrons. The topological polar surface area (TPSA) is 137 Å². The van der Waals surface area contributed by atoms with Crippen LogP contribution in [0.3, 0.4) is 0 Å². The summed E-state index contributed by atoms with van der Waals surface area (Å²) in [5, 5.41) is 14.5. The van der Waals surface area contributed by atoms with Gasteiger partial charge in [-0.3, -0.25) is 29.2 Å². The Labute approximate surface area is 324 Å². The minimum absolute atomic E-state index is 0.141. The number of nitrogens with zero attached hydrogens (tertiary/aromatic N) is 5. The number of nitrogens with one attached hydrogen (secondary N) is 1. The first-order chi connectivity index (χ1) is 26.1. The number of carbonyl (C=O) groups excluding carboxylic acids is 3. The van der Waals surface area contributed by atoms with Crippen molar-refractivity contribution < 1.29 is 28.6 Å². The molecule has 3 aromatic carbocycles. The molecule has 1 aromatic heterocycles. The van der Waals surface area contributed by atoms with E-state index in [0.717, 1.165) is 44.5 Å². The van der Waals surface area contributed by atoms with E-state index in [0.29, 0.717) is 105 Å². The maximum absolute atomic E-state index is 12.9. The Bertz CT molecular complexity index is 2110. The number of unbranched alkanes of at least 4 members (excludes halogenated alkanes) is 2. The molecular weight excluding hydrogens is 731 g/mol. The van der Waals surface area contributed by atoms with Crippen LogP contribution in [-0.4, -0.2) is 97.5 Å². The van der Waals surface area contributed by atoms with Crippen molar-refractivity contribution in [2.24, 2.45) is 0 Å². The van der Waals surface area contributed by atoms with Crippen LogP contribution in [0.2, 0.25) is 10.0 Å². The van der Waals surface area contributed by atoms with Gasteiger partial charge in [-0.2, -0.15) is 5.26 Å². The molecule has 4 aromatic rings. The van der Waals surface area contributed by atoms with E-state index in [4.69, 9.17) is 37.4 Å². The zero-order valence-electron chi connectivity index (χ0n) is 30.5. The highest BCUT2D eigenvalue weighted by atomic mass is 35.5. The number of rotatable bonds is 15. The first-order valence-electron chi connectivity index (χ1n) is 17.9. The fourth-order valence-corrected chi connectivity index (χ4v) is 7.30. The summed E-state index contributed by atoms with van der Waals surface area (Å²) in [5.41, 5.74) is 3.84. The molecule has 0 aliphatic carbocycles. The van der Waals surface area contributed by atoms with Gasteiger partial charge >= 0.3 is 0 Å². The number of hydrogen-bond donors (Lipinski definition) is 1. The van der Waals surface area contributed by atoms with Gasteiger partial charge in [-0.25, -0.2) is 0 Å². The average Bonchev–Trinajstić information content (AvgIpc) is 3.41. The van der Waals surface area contributed by atoms with Crippen molar-refractivity contribution >= 4 is 63.2 Å². The van der Waals surface area contributed by atoms with Crippen LogP contribution < -0.4 is 19.5 Å². The van der Waals surface area contributed by atoms with E-state index in [-0.39, 0.29) is 17.7 Å². The van der Waals surface area contributed by atoms with Gasteiger partial charge in [-0.15, -0.1) is 0 Å². The van der Waals surface area contributed by atoms with E-state index in [9.17, 15) is 19.6 Å². The van der Waals surface area contributed by atoms with Gasteiger partial charge in [0.2, 0.25) is 5.91 Å². The summed E-state index contributed by atoms with van der Waals surface area (Å²) >= 11 is 12.7. The highest BCUT2D eigenvalue weighted by Crippen LogP contribution is 2.40. The van der Waals surface area contributed by atoms with Gasteiger partial charge in [0.1, 0.15) is 11.8 Å². The van der Waals surface area contributed by atoms with Crippen LogP contribution in [0.25, 0.3) is 10.9 Å². The van der Waals surface area contributed by atoms with Gasteiger partial charge in [0.05, 0.1) is 64.5 Å². The summed E-state index contributed by atoms with van der Waals surface area (Å²) in [6.45, 7) is 6.46. The lowest BCUT2D eigenvalue weighted by Crippen LogP contribution is -2.48. The van der Waals surface area contributed by atoms with Gasteiger partial charge in [-0.05, 0) is 50.5 Å². The summed E-state index contributed by atoms with van der Waals surface area (Å²) < 4.78 is 17.2. The van der Waals surface area contributed by atoms with Gasteiger partial charge < -0.3 is 24.4 Å². The SMILES string of the molecule is COc1cc(Nc2c(C#N)cnc3cc(OCCCN4CCN(C(=O)CCCCCN5C(=O)c6ccc(C)cc6C5=O)CC4)c(OC)cc23)c(Cl)cc1Cl. The molecule has 0 spiro atoms. The quantitative estimate of drug-likeness (QED) is 0.0972. The summed E-state index contributed by atoms with van der Waals surface area (Å²) in [6, 6.07) is 14.3. The van der Waals surface area contributed by atoms with E-state index in [2.05, 4.69) is 21.3 Å². The summed E-state index contributed by atoms with van der Waals surface area (Å²) in [5.74, 6) is 1.14. The van der Waals surface area contributed by atoms with Gasteiger partial charge in [0, 0.05) is 69.4 Å². The number of imide groups is 1. The Morgan fingerprint density at radius 2 is 1.63 bits per heavy atom. The Morgan fingerprint density at radius 3 is 2.37 bits per heavy atom. The number of nitriles is 1. The number of hydrogen-bond acceptors (Lipinski definition) is 10. The molecule has 0 atom stereocenters. The molecule has 54 heavy (non-hydrogen) atoms. The second-order valence-electron chi connectivity index (χ2n) is 13.3. The van der Waals surface area contributed by atoms with Crippen molar-refractivity contribution in [2.45, 2.75) is 39.0 Å². The third-order valence-electron chi connectivity index (χ3n) is 9.77. The lowest BCUT2D eigenvalue weighted by molar-refractivity contribution is -0.133. The molecule has 282 valence electrons. The molecule has 0 unspecified atom stereocenters. The third-order valence-corrected chi connectivity index (χ3v) is 10.4. The molecule has 12 nitrogen and oxygen atoms in total. The van der Waals surface area contributed by atoms with Crippen LogP contribution in [0.15, 0.2) is 48.7 Å². The Balaban J connectivity index is 0.939. The Morgan fingerprint density at radius 1 is 0.870 bits per heavy atom. The van der Waals surface area contributed by atoms with Gasteiger partial charge in [-0.1, -0.05) is 41.3 Å². The number of fused-ring (bicyclic) bond motifs is 2. The van der Waals surface area contributed by atoms with Crippen molar-refractivity contribution in [3.05, 3.63) is 81.0 Å². The Hall–Kier alpha value is -5.09. The monoisotopic (exact) mass is 772 g/mol. The first kappa shape index (κ1) is 38.6. The summed E-state index contributed by atoms with van der Waals surface area (Å²) in [6.07, 6.45) is 4.88. The standard InChI is InChI=1S/C40H42Cl2N6O6/c1-25-9-10-27-28(18-25)40(51)48(39(27)50)12-6-4-5-8-37(49)47-15-13-46(14-16-47)11-7-17-54-36-21-32-29(19-35(36)53-3)38(26(23-43)24-44-32)45-33-22-34(52-2)31(42)20-30(33)41/h9-10,18-22,24H,4-8,11-17H2,1-3H3,(H,44,45). The van der Waals surface area contributed by atoms with Gasteiger partial charge in [0.15, 0.2) is 11.5 Å². The second-order valence-corrected chi connectivity index (χ2v) is 14.1. The molecule has 2 aliphatic heterocycles. The lowest BCUT2D eigenvalue weighted by atomic mass is 10.1. The molecule has 0 saturated carbocycles. The van der Waals surface area contributed by atoms with Crippen LogP contribution in [0.1, 0.15) is 63.9 Å². The van der Waals surface area contributed by atoms with Crippen LogP contribution in [0, 0.1) is 18.3 Å². The number of anilines is 2. The molecular formula is C40H42Cl2N6O6. The van der Waals surface area contributed by atoms with Crippen LogP contribution in [0.4, 0.5) is 11.4 Å². The number of pyridine rings is 1. The van der Waals surface area contributed by atoms with E-state index in [1.54, 1.807) is 43.5 Å². The van der Waals surface area contributed by atoms with Crippen molar-refractivity contribution in [1.29, 1.82) is 5.26 Å². The highest BCUT2D eigenvalue weighted by molar-refractivity contribution is 6.37. The predicted molar refractivity (Wildman–Crippen MR) is 207 cm³/mol. The Kier molecular flexibility index (Phi) is 12.4. The molecule has 1 fully saturated rings. The lowest BCUT2D eigenvalue weighted by Gasteiger charge is -2.34. The summed E-state index contributed by atoms with van der Waals surface area (Å²) in [4.78, 5) is 48.3. The first-order valence-corrected chi connectivity index (χ1v) is 18.7. The fraction of sp³-hybridized carbons (Fsp3) is 0.375. The van der Waals surface area contributed by atoms with Crippen LogP contribution in [0.5, 0.6) is 17.2 Å². The molecule has 3 amide bonds. The molecule has 2 aliphatic rings. The largest absolute Gasteiger partial charge is 0.495 e. The number of benzene rings is 3. The highest BCUT2D eigenvalue weighted by Gasteiger charge is 2.35. The molecule has 14 heteroatoms. The van der Waals surface area contributed by atoms with Crippen LogP contribution >= 0.6 is 23.2 Å². The van der Waals surface area contributed by atoms with Crippen molar-refractivity contribution in [2.75, 3.05) is 65.4 Å². The van der Waals surface area contributed by atoms with E-state index < -0.39 is 0 Å². The number of piperazine rings is 1. The van der Waals surface area contributed by atoms with Crippen LogP contribution in [-0.2, 0) is 4.79 Å². The molecule has 1 N–H and O–H groups in total. The summed E-state index contributed by atoms with van der Waals surface area (Å²) in [7, 11) is 3.07. The number of amides is 3. The molecule has 1 saturated heterocycles. The number of aryl methyl sites for hydroxylation is 1. The number of carbonyl (C=O) groups is 3. The maximum Gasteiger partial charge on any atom is 0.261 e. The third kappa shape index (κ3) is 8.49. The minimum Gasteiger partial charge on any atom is -0.495 e. The number of ether oxygens (including phenoxy) is 3. The predicted octanol–water partition coefficient (Wildman–Crippen LogP) is 7.25. The number of aromatic nitrogens is 1. The second kappa shape index (κ2) is 17.4. The van der Waals surface area contributed by atoms with E-state index in [1.165, 1.54) is 18.2 Å². The average molecular weight is 774 g/mol. The fourth-order valence-electron chi connectivity index (χ4n) is 6.79. The molecule has 0 bridgehead atoms. The smallest absolute Gasteiger partial charge is 0.261 e. The van der Waals surface area contributed by atoms with Gasteiger partial charge in [0.25, 0.3) is 11.8 Å². The van der Waals surface area contributed by atoms with Crippen molar-refractivity contribution in [3.63, 3.8) is 0 Å². The van der Waals surface area contributed by atoms with Crippen molar-refractivity contribution in [3.8, 4) is 23.3 Å². The number of halogens is 2. The molecule has 6 rings (SSSR count). The maximum atomic E-state index is 12.9. The zero-order valence-corrected chi connectivity index (χ0v) is 32.1. The zero-order chi connectivity index (χ0) is 38.4. The van der Waals surface area contributed by atoms with E-state index in [1.807, 2.05) is 17.9 Å². The van der Waals surface area contributed by atoms with Crippen molar-refractivity contribution in [1.82, 2.24) is 19.7 Å². The van der Waals surface area contributed by atoms with E-state index >= 15 is 0 Å².